The van der Waals surface area contributed by atoms with Crippen LogP contribution in [0.2, 0.25) is 0 Å². The van der Waals surface area contributed by atoms with Gasteiger partial charge in [-0.15, -0.1) is 0 Å². The topological polar surface area (TPSA) is 50.1 Å². The zero-order valence-electron chi connectivity index (χ0n) is 10.3. The maximum absolute atomic E-state index is 10.7. The van der Waals surface area contributed by atoms with Crippen molar-refractivity contribution in [3.05, 3.63) is 65.7 Å². The summed E-state index contributed by atoms with van der Waals surface area (Å²) < 4.78 is 5.62. The normalized spacial score (nSPS) is 11.3. The number of carbonyl (C=O) groups excluding carboxylic acids is 1. The summed E-state index contributed by atoms with van der Waals surface area (Å²) in [6.45, 7) is 0.496. The fourth-order valence-electron chi connectivity index (χ4n) is 1.70. The van der Waals surface area contributed by atoms with Gasteiger partial charge in [0.1, 0.15) is 24.6 Å². The summed E-state index contributed by atoms with van der Waals surface area (Å²) in [6, 6.07) is 18.8. The molecule has 1 atom stereocenters. The van der Waals surface area contributed by atoms with E-state index in [-0.39, 0.29) is 0 Å². The molecule has 0 fully saturated rings. The second-order valence-electron chi connectivity index (χ2n) is 4.09. The van der Waals surface area contributed by atoms with Crippen molar-refractivity contribution in [2.45, 2.75) is 12.5 Å². The minimum absolute atomic E-state index is 0.496. The summed E-state index contributed by atoms with van der Waals surface area (Å²) >= 11 is 0. The van der Waals surface area contributed by atoms with Crippen LogP contribution in [0.4, 0.5) is 0 Å². The maximum Gasteiger partial charge on any atom is 0.141 e. The van der Waals surface area contributed by atoms with Gasteiger partial charge in [-0.05, 0) is 23.3 Å². The van der Waals surface area contributed by atoms with Crippen LogP contribution in [0.15, 0.2) is 54.6 Å². The van der Waals surface area contributed by atoms with Crippen molar-refractivity contribution in [1.29, 1.82) is 5.26 Å². The first-order valence-electron chi connectivity index (χ1n) is 5.95. The monoisotopic (exact) mass is 251 g/mol. The van der Waals surface area contributed by atoms with Gasteiger partial charge in [-0.25, -0.2) is 0 Å². The van der Waals surface area contributed by atoms with Crippen molar-refractivity contribution in [1.82, 2.24) is 0 Å². The number of nitrogens with zero attached hydrogens (tertiary/aromatic N) is 1. The van der Waals surface area contributed by atoms with E-state index in [1.165, 1.54) is 0 Å². The average molecular weight is 251 g/mol. The van der Waals surface area contributed by atoms with E-state index in [9.17, 15) is 4.79 Å². The third kappa shape index (κ3) is 3.43. The molecule has 0 heterocycles. The van der Waals surface area contributed by atoms with E-state index in [1.54, 1.807) is 24.3 Å². The van der Waals surface area contributed by atoms with Crippen LogP contribution in [0.25, 0.3) is 0 Å². The number of nitriles is 1. The predicted octanol–water partition coefficient (Wildman–Crippen LogP) is 3.07. The molecule has 19 heavy (non-hydrogen) atoms. The van der Waals surface area contributed by atoms with Gasteiger partial charge < -0.3 is 9.53 Å². The lowest BCUT2D eigenvalue weighted by Gasteiger charge is -2.07. The van der Waals surface area contributed by atoms with Crippen LogP contribution in [0, 0.1) is 11.3 Å². The molecule has 3 nitrogen and oxygen atoms in total. The quantitative estimate of drug-likeness (QED) is 0.767. The van der Waals surface area contributed by atoms with E-state index in [0.29, 0.717) is 18.5 Å². The molecule has 0 aliphatic heterocycles. The highest BCUT2D eigenvalue weighted by atomic mass is 16.5. The van der Waals surface area contributed by atoms with Crippen molar-refractivity contribution < 1.29 is 9.53 Å². The summed E-state index contributed by atoms with van der Waals surface area (Å²) in [5.74, 6) is 0.0124. The molecule has 2 rings (SSSR count). The number of rotatable bonds is 5. The van der Waals surface area contributed by atoms with Gasteiger partial charge in [0.15, 0.2) is 0 Å². The molecule has 0 N–H and O–H groups in total. The Balaban J connectivity index is 2.00. The highest BCUT2D eigenvalue weighted by Crippen LogP contribution is 2.18. The first kappa shape index (κ1) is 12.8. The number of benzene rings is 2. The molecule has 0 aliphatic rings. The second-order valence-corrected chi connectivity index (χ2v) is 4.09. The summed E-state index contributed by atoms with van der Waals surface area (Å²) in [6.07, 6.45) is 0.639. The molecule has 0 radical (unpaired) electrons. The van der Waals surface area contributed by atoms with Crippen molar-refractivity contribution in [2.24, 2.45) is 0 Å². The van der Waals surface area contributed by atoms with Gasteiger partial charge in [-0.1, -0.05) is 42.5 Å². The zero-order chi connectivity index (χ0) is 13.5. The molecule has 2 aromatic rings. The summed E-state index contributed by atoms with van der Waals surface area (Å²) in [4.78, 5) is 10.7. The lowest BCUT2D eigenvalue weighted by molar-refractivity contribution is -0.108. The minimum atomic E-state index is -0.705. The summed E-state index contributed by atoms with van der Waals surface area (Å²) in [5, 5.41) is 8.79. The molecule has 3 heteroatoms. The lowest BCUT2D eigenvalue weighted by Crippen LogP contribution is -1.98. The van der Waals surface area contributed by atoms with Crippen LogP contribution in [-0.2, 0) is 11.4 Å². The van der Waals surface area contributed by atoms with Crippen LogP contribution in [0.1, 0.15) is 17.0 Å². The molecule has 2 aromatic carbocycles. The Bertz CT molecular complexity index is 570. The average Bonchev–Trinajstić information content (AvgIpc) is 2.49. The molecule has 0 amide bonds. The van der Waals surface area contributed by atoms with E-state index >= 15 is 0 Å². The second kappa shape index (κ2) is 6.36. The minimum Gasteiger partial charge on any atom is -0.489 e. The highest BCUT2D eigenvalue weighted by molar-refractivity contribution is 5.66. The highest BCUT2D eigenvalue weighted by Gasteiger charge is 2.08. The van der Waals surface area contributed by atoms with E-state index in [4.69, 9.17) is 10.00 Å². The van der Waals surface area contributed by atoms with Crippen LogP contribution in [0.3, 0.4) is 0 Å². The Morgan fingerprint density at radius 2 is 1.79 bits per heavy atom. The van der Waals surface area contributed by atoms with E-state index < -0.39 is 5.92 Å². The largest absolute Gasteiger partial charge is 0.489 e. The third-order valence-electron chi connectivity index (χ3n) is 2.76. The van der Waals surface area contributed by atoms with Gasteiger partial charge in [0.25, 0.3) is 0 Å². The van der Waals surface area contributed by atoms with Gasteiger partial charge in [0.2, 0.25) is 0 Å². The van der Waals surface area contributed by atoms with Gasteiger partial charge in [-0.3, -0.25) is 0 Å². The van der Waals surface area contributed by atoms with Crippen molar-refractivity contribution in [3.63, 3.8) is 0 Å². The van der Waals surface area contributed by atoms with Gasteiger partial charge in [0, 0.05) is 0 Å². The number of hydrogen-bond donors (Lipinski definition) is 0. The van der Waals surface area contributed by atoms with E-state index in [0.717, 1.165) is 11.3 Å². The standard InChI is InChI=1S/C16H13NO2/c17-10-15(11-18)14-6-8-16(9-7-14)19-12-13-4-2-1-3-5-13/h1-9,11,15H,12H2/t15-/m0/s1. The zero-order valence-corrected chi connectivity index (χ0v) is 10.3. The Morgan fingerprint density at radius 3 is 2.37 bits per heavy atom. The van der Waals surface area contributed by atoms with Crippen molar-refractivity contribution in [3.8, 4) is 11.8 Å². The maximum atomic E-state index is 10.7. The van der Waals surface area contributed by atoms with Crippen LogP contribution >= 0.6 is 0 Å². The number of carbonyl (C=O) groups is 1. The lowest BCUT2D eigenvalue weighted by atomic mass is 10.0. The van der Waals surface area contributed by atoms with Crippen molar-refractivity contribution >= 4 is 6.29 Å². The molecule has 0 saturated carbocycles. The van der Waals surface area contributed by atoms with E-state index in [1.807, 2.05) is 36.4 Å². The number of hydrogen-bond acceptors (Lipinski definition) is 3. The molecule has 0 aromatic heterocycles. The Kier molecular flexibility index (Phi) is 4.30. The fourth-order valence-corrected chi connectivity index (χ4v) is 1.70. The summed E-state index contributed by atoms with van der Waals surface area (Å²) in [5.41, 5.74) is 1.78. The number of ether oxygens (including phenoxy) is 1. The Labute approximate surface area is 112 Å². The first-order valence-corrected chi connectivity index (χ1v) is 5.95. The van der Waals surface area contributed by atoms with E-state index in [2.05, 4.69) is 0 Å². The molecule has 94 valence electrons. The van der Waals surface area contributed by atoms with Crippen LogP contribution < -0.4 is 4.74 Å². The Hall–Kier alpha value is -2.60. The van der Waals surface area contributed by atoms with Gasteiger partial charge in [0.05, 0.1) is 6.07 Å². The molecule has 0 spiro atoms. The predicted molar refractivity (Wildman–Crippen MR) is 71.6 cm³/mol. The van der Waals surface area contributed by atoms with Crippen molar-refractivity contribution in [2.75, 3.05) is 0 Å². The van der Waals surface area contributed by atoms with Crippen LogP contribution in [-0.4, -0.2) is 6.29 Å². The molecular weight excluding hydrogens is 238 g/mol. The third-order valence-corrected chi connectivity index (χ3v) is 2.76. The molecule has 0 aliphatic carbocycles. The SMILES string of the molecule is N#C[C@@H](C=O)c1ccc(OCc2ccccc2)cc1. The van der Waals surface area contributed by atoms with Gasteiger partial charge in [-0.2, -0.15) is 5.26 Å². The number of aldehydes is 1. The van der Waals surface area contributed by atoms with Gasteiger partial charge >= 0.3 is 0 Å². The molecule has 0 unspecified atom stereocenters. The molecule has 0 bridgehead atoms. The summed E-state index contributed by atoms with van der Waals surface area (Å²) in [7, 11) is 0. The first-order chi connectivity index (χ1) is 9.33. The molecular formula is C16H13NO2. The van der Waals surface area contributed by atoms with Crippen LogP contribution in [0.5, 0.6) is 5.75 Å². The smallest absolute Gasteiger partial charge is 0.141 e. The Morgan fingerprint density at radius 1 is 1.11 bits per heavy atom. The fraction of sp³-hybridized carbons (Fsp3) is 0.125. The molecule has 0 saturated heterocycles.